The quantitative estimate of drug-likeness (QED) is 0.545. The highest BCUT2D eigenvalue weighted by atomic mass is 32.2. The molecule has 0 heterocycles. The maximum Gasteiger partial charge on any atom is 0.00344 e. The largest absolute Gasteiger partial charge is 0.128 e. The summed E-state index contributed by atoms with van der Waals surface area (Å²) in [6.07, 6.45) is 3.86. The zero-order chi connectivity index (χ0) is 7.28. The summed E-state index contributed by atoms with van der Waals surface area (Å²) in [5.41, 5.74) is 0. The molecule has 0 aromatic heterocycles. The predicted molar refractivity (Wildman–Crippen MR) is 46.7 cm³/mol. The van der Waals surface area contributed by atoms with Gasteiger partial charge in [0, 0.05) is 5.25 Å². The fourth-order valence-electron chi connectivity index (χ4n) is 0.577. The first-order chi connectivity index (χ1) is 4.16. The molecule has 0 saturated carbocycles. The second kappa shape index (κ2) is 4.68. The number of allylic oxidation sites excluding steroid dienone is 3. The number of hydrogen-bond acceptors (Lipinski definition) is 1. The second-order valence-corrected chi connectivity index (χ2v) is 4.00. The summed E-state index contributed by atoms with van der Waals surface area (Å²) < 4.78 is 0. The molecule has 9 heavy (non-hydrogen) atoms. The highest BCUT2D eigenvalue weighted by Crippen LogP contribution is 2.19. The Labute approximate surface area is 62.0 Å². The molecule has 0 N–H and O–H groups in total. The molecule has 0 aliphatic heterocycles. The Morgan fingerprint density at radius 1 is 1.56 bits per heavy atom. The summed E-state index contributed by atoms with van der Waals surface area (Å²) in [4.78, 5) is 1.33. The van der Waals surface area contributed by atoms with E-state index in [0.717, 1.165) is 0 Å². The summed E-state index contributed by atoms with van der Waals surface area (Å²) in [6, 6.07) is 0. The van der Waals surface area contributed by atoms with Crippen LogP contribution in [0.25, 0.3) is 0 Å². The molecule has 0 fully saturated rings. The van der Waals surface area contributed by atoms with Crippen molar-refractivity contribution in [3.8, 4) is 0 Å². The fourth-order valence-corrected chi connectivity index (χ4v) is 1.50. The molecule has 0 aliphatic rings. The number of rotatable bonds is 3. The van der Waals surface area contributed by atoms with Crippen LogP contribution in [-0.2, 0) is 0 Å². The summed E-state index contributed by atoms with van der Waals surface area (Å²) in [6.45, 7) is 10.1. The monoisotopic (exact) mass is 142 g/mol. The van der Waals surface area contributed by atoms with E-state index in [9.17, 15) is 0 Å². The highest BCUT2D eigenvalue weighted by molar-refractivity contribution is 8.03. The molecule has 0 rings (SSSR count). The molecule has 0 saturated heterocycles. The first-order valence-corrected chi connectivity index (χ1v) is 4.00. The van der Waals surface area contributed by atoms with Crippen molar-refractivity contribution in [2.24, 2.45) is 0 Å². The van der Waals surface area contributed by atoms with Gasteiger partial charge in [-0.25, -0.2) is 0 Å². The van der Waals surface area contributed by atoms with Gasteiger partial charge in [-0.3, -0.25) is 0 Å². The van der Waals surface area contributed by atoms with E-state index in [4.69, 9.17) is 0 Å². The van der Waals surface area contributed by atoms with Crippen molar-refractivity contribution < 1.29 is 0 Å². The summed E-state index contributed by atoms with van der Waals surface area (Å²) in [7, 11) is 0. The van der Waals surface area contributed by atoms with E-state index in [1.165, 1.54) is 4.91 Å². The molecule has 0 spiro atoms. The molecular formula is C8H14S. The molecule has 0 radical (unpaired) electrons. The van der Waals surface area contributed by atoms with Crippen molar-refractivity contribution in [3.63, 3.8) is 0 Å². The van der Waals surface area contributed by atoms with Crippen LogP contribution in [0.3, 0.4) is 0 Å². The van der Waals surface area contributed by atoms with E-state index in [1.54, 1.807) is 0 Å². The molecule has 1 heteroatoms. The Kier molecular flexibility index (Phi) is 4.60. The number of hydrogen-bond donors (Lipinski definition) is 0. The minimum absolute atomic E-state index is 0.682. The molecule has 0 aromatic carbocycles. The first-order valence-electron chi connectivity index (χ1n) is 3.12. The van der Waals surface area contributed by atoms with Gasteiger partial charge in [0.2, 0.25) is 0 Å². The Bertz CT molecular complexity index is 112. The van der Waals surface area contributed by atoms with Crippen LogP contribution < -0.4 is 0 Å². The van der Waals surface area contributed by atoms with E-state index in [-0.39, 0.29) is 0 Å². The summed E-state index contributed by atoms with van der Waals surface area (Å²) >= 11 is 1.87. The van der Waals surface area contributed by atoms with Crippen molar-refractivity contribution >= 4 is 11.8 Å². The summed E-state index contributed by atoms with van der Waals surface area (Å²) in [5, 5.41) is 0.682. The standard InChI is InChI=1S/C8H14S/c1-5-6-8(4)9-7(2)3/h5-7H,1H2,2-4H3/b8-6-. The molecule has 0 aromatic rings. The molecule has 0 unspecified atom stereocenters. The second-order valence-electron chi connectivity index (χ2n) is 2.18. The zero-order valence-electron chi connectivity index (χ0n) is 6.35. The molecule has 0 nitrogen and oxygen atoms in total. The topological polar surface area (TPSA) is 0 Å². The van der Waals surface area contributed by atoms with Crippen molar-refractivity contribution in [2.75, 3.05) is 0 Å². The van der Waals surface area contributed by atoms with Gasteiger partial charge in [-0.05, 0) is 11.8 Å². The minimum Gasteiger partial charge on any atom is -0.128 e. The van der Waals surface area contributed by atoms with Crippen LogP contribution in [0.2, 0.25) is 0 Å². The minimum atomic E-state index is 0.682. The van der Waals surface area contributed by atoms with Crippen molar-refractivity contribution in [1.82, 2.24) is 0 Å². The van der Waals surface area contributed by atoms with Crippen LogP contribution in [0, 0.1) is 0 Å². The van der Waals surface area contributed by atoms with Crippen LogP contribution in [0.15, 0.2) is 23.6 Å². The van der Waals surface area contributed by atoms with Crippen LogP contribution in [-0.4, -0.2) is 5.25 Å². The summed E-state index contributed by atoms with van der Waals surface area (Å²) in [5.74, 6) is 0. The Morgan fingerprint density at radius 3 is 2.44 bits per heavy atom. The van der Waals surface area contributed by atoms with Gasteiger partial charge in [-0.2, -0.15) is 0 Å². The molecule has 0 amide bonds. The smallest absolute Gasteiger partial charge is 0.00344 e. The van der Waals surface area contributed by atoms with Gasteiger partial charge in [0.05, 0.1) is 0 Å². The molecule has 0 aliphatic carbocycles. The van der Waals surface area contributed by atoms with E-state index < -0.39 is 0 Å². The van der Waals surface area contributed by atoms with Gasteiger partial charge < -0.3 is 0 Å². The average Bonchev–Trinajstić information content (AvgIpc) is 1.63. The van der Waals surface area contributed by atoms with Gasteiger partial charge in [-0.15, -0.1) is 11.8 Å². The van der Waals surface area contributed by atoms with Gasteiger partial charge in [0.1, 0.15) is 0 Å². The maximum absolute atomic E-state index is 3.62. The van der Waals surface area contributed by atoms with Gasteiger partial charge in [-0.1, -0.05) is 32.6 Å². The van der Waals surface area contributed by atoms with Gasteiger partial charge in [0.25, 0.3) is 0 Å². The third-order valence-electron chi connectivity index (χ3n) is 0.774. The van der Waals surface area contributed by atoms with Crippen molar-refractivity contribution in [3.05, 3.63) is 23.6 Å². The third kappa shape index (κ3) is 5.71. The Balaban J connectivity index is 3.61. The van der Waals surface area contributed by atoms with Gasteiger partial charge >= 0.3 is 0 Å². The molecule has 0 atom stereocenters. The van der Waals surface area contributed by atoms with E-state index in [2.05, 4.69) is 27.4 Å². The lowest BCUT2D eigenvalue weighted by Crippen LogP contribution is -1.84. The highest BCUT2D eigenvalue weighted by Gasteiger charge is 1.92. The third-order valence-corrected chi connectivity index (χ3v) is 1.75. The van der Waals surface area contributed by atoms with E-state index in [1.807, 2.05) is 23.9 Å². The molecule has 52 valence electrons. The molecule has 0 bridgehead atoms. The normalized spacial score (nSPS) is 12.2. The van der Waals surface area contributed by atoms with E-state index >= 15 is 0 Å². The van der Waals surface area contributed by atoms with Crippen molar-refractivity contribution in [2.45, 2.75) is 26.0 Å². The Morgan fingerprint density at radius 2 is 2.11 bits per heavy atom. The van der Waals surface area contributed by atoms with Crippen LogP contribution in [0.5, 0.6) is 0 Å². The van der Waals surface area contributed by atoms with Crippen LogP contribution in [0.1, 0.15) is 20.8 Å². The fraction of sp³-hybridized carbons (Fsp3) is 0.500. The van der Waals surface area contributed by atoms with Crippen LogP contribution >= 0.6 is 11.8 Å². The lowest BCUT2D eigenvalue weighted by Gasteiger charge is -2.01. The number of thioether (sulfide) groups is 1. The van der Waals surface area contributed by atoms with Gasteiger partial charge in [0.15, 0.2) is 0 Å². The first kappa shape index (κ1) is 8.83. The lowest BCUT2D eigenvalue weighted by molar-refractivity contribution is 1.12. The predicted octanol–water partition coefficient (Wildman–Crippen LogP) is 3.22. The maximum atomic E-state index is 3.62. The SMILES string of the molecule is C=C/C=C(/C)SC(C)C. The zero-order valence-corrected chi connectivity index (χ0v) is 7.16. The van der Waals surface area contributed by atoms with Crippen LogP contribution in [0.4, 0.5) is 0 Å². The molecular weight excluding hydrogens is 128 g/mol. The lowest BCUT2D eigenvalue weighted by atomic mass is 10.5. The van der Waals surface area contributed by atoms with E-state index in [0.29, 0.717) is 5.25 Å². The van der Waals surface area contributed by atoms with Crippen molar-refractivity contribution in [1.29, 1.82) is 0 Å². The average molecular weight is 142 g/mol. The Hall–Kier alpha value is -0.170.